The molecule has 1 saturated heterocycles. The Morgan fingerprint density at radius 1 is 1.26 bits per heavy atom. The third-order valence-corrected chi connectivity index (χ3v) is 4.60. The first-order valence-electron chi connectivity index (χ1n) is 9.44. The van der Waals surface area contributed by atoms with Crippen molar-refractivity contribution >= 4 is 17.9 Å². The minimum Gasteiger partial charge on any atom is -0.450 e. The summed E-state index contributed by atoms with van der Waals surface area (Å²) in [4.78, 5) is 42.1. The van der Waals surface area contributed by atoms with Gasteiger partial charge in [0.05, 0.1) is 6.61 Å². The molecule has 1 aliphatic rings. The lowest BCUT2D eigenvalue weighted by molar-refractivity contribution is 0.0859. The van der Waals surface area contributed by atoms with E-state index in [4.69, 9.17) is 4.74 Å². The molecule has 8 nitrogen and oxygen atoms in total. The SMILES string of the molecule is CCOC(=O)N1CCC(NC(=O)c2ccnc(C(=O)NC(C)CC)c2)CC1. The molecule has 0 spiro atoms. The van der Waals surface area contributed by atoms with Crippen LogP contribution in [0.4, 0.5) is 4.79 Å². The van der Waals surface area contributed by atoms with Crippen molar-refractivity contribution < 1.29 is 19.1 Å². The Labute approximate surface area is 159 Å². The van der Waals surface area contributed by atoms with Crippen LogP contribution in [0, 0.1) is 0 Å². The topological polar surface area (TPSA) is 101 Å². The zero-order valence-electron chi connectivity index (χ0n) is 16.2. The van der Waals surface area contributed by atoms with Crippen molar-refractivity contribution in [1.29, 1.82) is 0 Å². The fourth-order valence-corrected chi connectivity index (χ4v) is 2.79. The van der Waals surface area contributed by atoms with E-state index in [1.807, 2.05) is 13.8 Å². The highest BCUT2D eigenvalue weighted by molar-refractivity contribution is 5.98. The number of aromatic nitrogens is 1. The van der Waals surface area contributed by atoms with Gasteiger partial charge < -0.3 is 20.3 Å². The fraction of sp³-hybridized carbons (Fsp3) is 0.579. The molecule has 2 N–H and O–H groups in total. The van der Waals surface area contributed by atoms with Gasteiger partial charge in [0.1, 0.15) is 5.69 Å². The first-order chi connectivity index (χ1) is 12.9. The molecule has 27 heavy (non-hydrogen) atoms. The van der Waals surface area contributed by atoms with Crippen LogP contribution in [0.25, 0.3) is 0 Å². The van der Waals surface area contributed by atoms with Crippen molar-refractivity contribution in [3.8, 4) is 0 Å². The molecule has 1 unspecified atom stereocenters. The minimum absolute atomic E-state index is 0.0197. The molecule has 0 bridgehead atoms. The second kappa shape index (κ2) is 9.89. The molecule has 1 aliphatic heterocycles. The monoisotopic (exact) mass is 376 g/mol. The summed E-state index contributed by atoms with van der Waals surface area (Å²) in [5, 5.41) is 5.80. The molecule has 0 aromatic carbocycles. The summed E-state index contributed by atoms with van der Waals surface area (Å²) >= 11 is 0. The summed E-state index contributed by atoms with van der Waals surface area (Å²) < 4.78 is 4.99. The van der Waals surface area contributed by atoms with E-state index < -0.39 is 0 Å². The van der Waals surface area contributed by atoms with Gasteiger partial charge in [-0.25, -0.2) is 4.79 Å². The Morgan fingerprint density at radius 3 is 2.59 bits per heavy atom. The third-order valence-electron chi connectivity index (χ3n) is 4.60. The number of rotatable bonds is 6. The molecule has 0 saturated carbocycles. The van der Waals surface area contributed by atoms with Crippen LogP contribution in [-0.4, -0.2) is 59.6 Å². The number of hydrogen-bond donors (Lipinski definition) is 2. The van der Waals surface area contributed by atoms with E-state index in [2.05, 4.69) is 15.6 Å². The summed E-state index contributed by atoms with van der Waals surface area (Å²) in [7, 11) is 0. The van der Waals surface area contributed by atoms with Gasteiger partial charge in [-0.05, 0) is 45.2 Å². The quantitative estimate of drug-likeness (QED) is 0.790. The number of amides is 3. The maximum atomic E-state index is 12.5. The van der Waals surface area contributed by atoms with E-state index in [0.717, 1.165) is 6.42 Å². The van der Waals surface area contributed by atoms with Gasteiger partial charge in [-0.15, -0.1) is 0 Å². The Kier molecular flexibility index (Phi) is 7.57. The summed E-state index contributed by atoms with van der Waals surface area (Å²) in [5.74, 6) is -0.536. The van der Waals surface area contributed by atoms with Crippen LogP contribution in [0.15, 0.2) is 18.3 Å². The lowest BCUT2D eigenvalue weighted by Crippen LogP contribution is -2.46. The Morgan fingerprint density at radius 2 is 1.96 bits per heavy atom. The Bertz CT molecular complexity index is 671. The van der Waals surface area contributed by atoms with Crippen molar-refractivity contribution in [1.82, 2.24) is 20.5 Å². The highest BCUT2D eigenvalue weighted by atomic mass is 16.6. The largest absolute Gasteiger partial charge is 0.450 e. The van der Waals surface area contributed by atoms with Crippen molar-refractivity contribution in [2.24, 2.45) is 0 Å². The van der Waals surface area contributed by atoms with E-state index >= 15 is 0 Å². The Balaban J connectivity index is 1.90. The lowest BCUT2D eigenvalue weighted by atomic mass is 10.0. The second-order valence-corrected chi connectivity index (χ2v) is 6.65. The molecule has 2 rings (SSSR count). The number of carbonyl (C=O) groups excluding carboxylic acids is 3. The van der Waals surface area contributed by atoms with E-state index in [1.165, 1.54) is 12.3 Å². The number of pyridine rings is 1. The lowest BCUT2D eigenvalue weighted by Gasteiger charge is -2.31. The Hall–Kier alpha value is -2.64. The first kappa shape index (κ1) is 20.7. The van der Waals surface area contributed by atoms with E-state index in [0.29, 0.717) is 38.1 Å². The summed E-state index contributed by atoms with van der Waals surface area (Å²) in [6.45, 7) is 7.11. The average Bonchev–Trinajstić information content (AvgIpc) is 2.68. The normalized spacial score (nSPS) is 15.7. The maximum absolute atomic E-state index is 12.5. The average molecular weight is 376 g/mol. The molecular weight excluding hydrogens is 348 g/mol. The van der Waals surface area contributed by atoms with Crippen LogP contribution in [0.3, 0.4) is 0 Å². The van der Waals surface area contributed by atoms with Gasteiger partial charge in [0.2, 0.25) is 0 Å². The van der Waals surface area contributed by atoms with Gasteiger partial charge in [-0.3, -0.25) is 14.6 Å². The first-order valence-corrected chi connectivity index (χ1v) is 9.44. The van der Waals surface area contributed by atoms with Crippen LogP contribution in [0.5, 0.6) is 0 Å². The summed E-state index contributed by atoms with van der Waals surface area (Å²) in [6, 6.07) is 3.11. The van der Waals surface area contributed by atoms with E-state index in [9.17, 15) is 14.4 Å². The van der Waals surface area contributed by atoms with Gasteiger partial charge in [-0.1, -0.05) is 6.92 Å². The van der Waals surface area contributed by atoms with E-state index in [-0.39, 0.29) is 35.7 Å². The predicted molar refractivity (Wildman–Crippen MR) is 101 cm³/mol. The number of likely N-dealkylation sites (tertiary alicyclic amines) is 1. The molecule has 3 amide bonds. The van der Waals surface area contributed by atoms with Gasteiger partial charge in [-0.2, -0.15) is 0 Å². The number of piperidine rings is 1. The van der Waals surface area contributed by atoms with Crippen LogP contribution >= 0.6 is 0 Å². The standard InChI is InChI=1S/C19H28N4O4/c1-4-13(3)21-18(25)16-12-14(6-9-20-16)17(24)22-15-7-10-23(11-8-15)19(26)27-5-2/h6,9,12-13,15H,4-5,7-8,10-11H2,1-3H3,(H,21,25)(H,22,24). The summed E-state index contributed by atoms with van der Waals surface area (Å²) in [5.41, 5.74) is 0.618. The number of ether oxygens (including phenoxy) is 1. The predicted octanol–water partition coefficient (Wildman–Crippen LogP) is 1.96. The number of hydrogen-bond acceptors (Lipinski definition) is 5. The molecule has 1 aromatic heterocycles. The number of nitrogens with zero attached hydrogens (tertiary/aromatic N) is 2. The van der Waals surface area contributed by atoms with E-state index in [1.54, 1.807) is 17.9 Å². The zero-order valence-corrected chi connectivity index (χ0v) is 16.2. The smallest absolute Gasteiger partial charge is 0.409 e. The van der Waals surface area contributed by atoms with Crippen molar-refractivity contribution in [3.63, 3.8) is 0 Å². The second-order valence-electron chi connectivity index (χ2n) is 6.65. The molecule has 2 heterocycles. The van der Waals surface area contributed by atoms with Crippen molar-refractivity contribution in [2.75, 3.05) is 19.7 Å². The highest BCUT2D eigenvalue weighted by Gasteiger charge is 2.25. The van der Waals surface area contributed by atoms with Gasteiger partial charge in [0.15, 0.2) is 0 Å². The van der Waals surface area contributed by atoms with Crippen molar-refractivity contribution in [3.05, 3.63) is 29.6 Å². The van der Waals surface area contributed by atoms with Crippen LogP contribution in [0.2, 0.25) is 0 Å². The number of nitrogens with one attached hydrogen (secondary N) is 2. The zero-order chi connectivity index (χ0) is 19.8. The molecule has 8 heteroatoms. The minimum atomic E-state index is -0.312. The molecule has 1 fully saturated rings. The molecule has 0 aliphatic carbocycles. The maximum Gasteiger partial charge on any atom is 0.409 e. The molecular formula is C19H28N4O4. The van der Waals surface area contributed by atoms with Crippen LogP contribution in [-0.2, 0) is 4.74 Å². The van der Waals surface area contributed by atoms with Crippen molar-refractivity contribution in [2.45, 2.75) is 52.1 Å². The van der Waals surface area contributed by atoms with Crippen LogP contribution in [0.1, 0.15) is 60.9 Å². The molecule has 0 radical (unpaired) electrons. The molecule has 1 atom stereocenters. The molecule has 148 valence electrons. The molecule has 1 aromatic rings. The fourth-order valence-electron chi connectivity index (χ4n) is 2.79. The van der Waals surface area contributed by atoms with Gasteiger partial charge in [0, 0.05) is 36.9 Å². The van der Waals surface area contributed by atoms with Gasteiger partial charge in [0.25, 0.3) is 11.8 Å². The number of carbonyl (C=O) groups is 3. The van der Waals surface area contributed by atoms with Gasteiger partial charge >= 0.3 is 6.09 Å². The third kappa shape index (κ3) is 5.94. The highest BCUT2D eigenvalue weighted by Crippen LogP contribution is 2.13. The summed E-state index contributed by atoms with van der Waals surface area (Å²) in [6.07, 6.45) is 3.29. The van der Waals surface area contributed by atoms with Crippen LogP contribution < -0.4 is 10.6 Å².